The Hall–Kier alpha value is -2.11. The summed E-state index contributed by atoms with van der Waals surface area (Å²) in [5.74, 6) is 0.110. The van der Waals surface area contributed by atoms with Crippen LogP contribution >= 0.6 is 0 Å². The number of pyridine rings is 1. The highest BCUT2D eigenvalue weighted by molar-refractivity contribution is 5.95. The van der Waals surface area contributed by atoms with Crippen molar-refractivity contribution < 1.29 is 9.59 Å². The van der Waals surface area contributed by atoms with Crippen molar-refractivity contribution in [2.75, 3.05) is 18.9 Å². The number of carbonyl (C=O) groups is 2. The zero-order valence-corrected chi connectivity index (χ0v) is 10.2. The Morgan fingerprint density at radius 2 is 2.17 bits per heavy atom. The molecule has 0 aromatic carbocycles. The summed E-state index contributed by atoms with van der Waals surface area (Å²) in [6.45, 7) is -0.0131. The molecule has 2 amide bonds. The number of anilines is 1. The maximum Gasteiger partial charge on any atom is 0.270 e. The van der Waals surface area contributed by atoms with E-state index < -0.39 is 0 Å². The van der Waals surface area contributed by atoms with Crippen LogP contribution in [0.2, 0.25) is 0 Å². The third-order valence-corrected chi connectivity index (χ3v) is 2.59. The average molecular weight is 248 g/mol. The Morgan fingerprint density at radius 3 is 2.83 bits per heavy atom. The second-order valence-corrected chi connectivity index (χ2v) is 4.18. The van der Waals surface area contributed by atoms with Gasteiger partial charge in [-0.1, -0.05) is 6.07 Å². The smallest absolute Gasteiger partial charge is 0.270 e. The third-order valence-electron chi connectivity index (χ3n) is 2.59. The van der Waals surface area contributed by atoms with Crippen molar-refractivity contribution in [3.8, 4) is 0 Å². The molecule has 2 rings (SSSR count). The topological polar surface area (TPSA) is 83.1 Å². The minimum atomic E-state index is -0.349. The first-order valence-corrected chi connectivity index (χ1v) is 5.91. The number of nitrogens with zero attached hydrogens (tertiary/aromatic N) is 1. The van der Waals surface area contributed by atoms with Gasteiger partial charge in [-0.3, -0.25) is 9.59 Å². The van der Waals surface area contributed by atoms with Crippen LogP contribution in [0.25, 0.3) is 0 Å². The van der Waals surface area contributed by atoms with E-state index >= 15 is 0 Å². The monoisotopic (exact) mass is 248 g/mol. The summed E-state index contributed by atoms with van der Waals surface area (Å²) in [5, 5.41) is 8.19. The molecule has 18 heavy (non-hydrogen) atoms. The maximum atomic E-state index is 11.7. The zero-order chi connectivity index (χ0) is 13.0. The second-order valence-electron chi connectivity index (χ2n) is 4.18. The molecule has 1 aromatic heterocycles. The van der Waals surface area contributed by atoms with Gasteiger partial charge < -0.3 is 16.0 Å². The maximum absolute atomic E-state index is 11.7. The molecule has 6 heteroatoms. The fourth-order valence-electron chi connectivity index (χ4n) is 1.46. The van der Waals surface area contributed by atoms with Gasteiger partial charge in [-0.15, -0.1) is 0 Å². The van der Waals surface area contributed by atoms with E-state index in [1.165, 1.54) is 0 Å². The van der Waals surface area contributed by atoms with Gasteiger partial charge in [0.25, 0.3) is 5.91 Å². The number of aromatic nitrogens is 1. The Labute approximate surface area is 105 Å². The molecule has 3 N–H and O–H groups in total. The molecule has 0 saturated heterocycles. The first kappa shape index (κ1) is 12.3. The van der Waals surface area contributed by atoms with Crippen molar-refractivity contribution in [1.29, 1.82) is 0 Å². The molecular formula is C12H16N4O2. The van der Waals surface area contributed by atoms with Crippen molar-refractivity contribution in [3.63, 3.8) is 0 Å². The number of carbonyl (C=O) groups excluding carboxylic acids is 2. The summed E-state index contributed by atoms with van der Waals surface area (Å²) in [6, 6.07) is 5.41. The first-order valence-electron chi connectivity index (χ1n) is 5.91. The highest BCUT2D eigenvalue weighted by Gasteiger charge is 2.23. The molecule has 96 valence electrons. The summed E-state index contributed by atoms with van der Waals surface area (Å²) >= 11 is 0. The molecule has 0 aliphatic heterocycles. The van der Waals surface area contributed by atoms with Crippen LogP contribution in [0.15, 0.2) is 18.2 Å². The highest BCUT2D eigenvalue weighted by atomic mass is 16.2. The van der Waals surface area contributed by atoms with Gasteiger partial charge in [0, 0.05) is 13.1 Å². The molecule has 1 heterocycles. The van der Waals surface area contributed by atoms with E-state index in [2.05, 4.69) is 20.9 Å². The van der Waals surface area contributed by atoms with Gasteiger partial charge in [-0.05, 0) is 25.0 Å². The molecular weight excluding hydrogens is 232 g/mol. The van der Waals surface area contributed by atoms with Crippen LogP contribution in [0.4, 0.5) is 5.82 Å². The number of amides is 2. The number of nitrogens with one attached hydrogen (secondary N) is 3. The lowest BCUT2D eigenvalue weighted by atomic mass is 10.3. The number of hydrogen-bond acceptors (Lipinski definition) is 4. The third kappa shape index (κ3) is 3.44. The molecule has 1 saturated carbocycles. The van der Waals surface area contributed by atoms with Crippen LogP contribution in [0.5, 0.6) is 0 Å². The van der Waals surface area contributed by atoms with Crippen molar-refractivity contribution in [2.45, 2.75) is 18.9 Å². The predicted molar refractivity (Wildman–Crippen MR) is 67.3 cm³/mol. The summed E-state index contributed by atoms with van der Waals surface area (Å²) in [7, 11) is 1.73. The van der Waals surface area contributed by atoms with E-state index in [0.29, 0.717) is 17.6 Å². The Morgan fingerprint density at radius 1 is 1.39 bits per heavy atom. The van der Waals surface area contributed by atoms with Gasteiger partial charge in [0.15, 0.2) is 0 Å². The van der Waals surface area contributed by atoms with Gasteiger partial charge in [0.05, 0.1) is 6.54 Å². The lowest BCUT2D eigenvalue weighted by Crippen LogP contribution is -2.38. The fraction of sp³-hybridized carbons (Fsp3) is 0.417. The van der Waals surface area contributed by atoms with E-state index in [-0.39, 0.29) is 18.4 Å². The molecule has 1 aliphatic rings. The van der Waals surface area contributed by atoms with Gasteiger partial charge in [0.2, 0.25) is 5.91 Å². The van der Waals surface area contributed by atoms with Gasteiger partial charge in [-0.2, -0.15) is 0 Å². The SMILES string of the molecule is CNc1cccc(C(=O)NCC(=O)NC2CC2)n1. The summed E-state index contributed by atoms with van der Waals surface area (Å²) < 4.78 is 0. The summed E-state index contributed by atoms with van der Waals surface area (Å²) in [6.07, 6.45) is 2.07. The largest absolute Gasteiger partial charge is 0.373 e. The quantitative estimate of drug-likeness (QED) is 0.691. The average Bonchev–Trinajstić information content (AvgIpc) is 3.20. The fourth-order valence-corrected chi connectivity index (χ4v) is 1.46. The van der Waals surface area contributed by atoms with Crippen molar-refractivity contribution in [1.82, 2.24) is 15.6 Å². The van der Waals surface area contributed by atoms with Crippen LogP contribution < -0.4 is 16.0 Å². The molecule has 0 atom stereocenters. The minimum absolute atomic E-state index is 0.0131. The van der Waals surface area contributed by atoms with Crippen molar-refractivity contribution in [3.05, 3.63) is 23.9 Å². The first-order chi connectivity index (χ1) is 8.69. The molecule has 1 fully saturated rings. The van der Waals surface area contributed by atoms with E-state index in [0.717, 1.165) is 12.8 Å². The normalized spacial score (nSPS) is 13.8. The zero-order valence-electron chi connectivity index (χ0n) is 10.2. The van der Waals surface area contributed by atoms with Gasteiger partial charge in [0.1, 0.15) is 11.5 Å². The van der Waals surface area contributed by atoms with Crippen LogP contribution in [-0.4, -0.2) is 36.4 Å². The number of hydrogen-bond donors (Lipinski definition) is 3. The van der Waals surface area contributed by atoms with E-state index in [9.17, 15) is 9.59 Å². The molecule has 0 unspecified atom stereocenters. The van der Waals surface area contributed by atoms with Crippen LogP contribution in [-0.2, 0) is 4.79 Å². The van der Waals surface area contributed by atoms with Crippen molar-refractivity contribution >= 4 is 17.6 Å². The van der Waals surface area contributed by atoms with Crippen LogP contribution in [0, 0.1) is 0 Å². The van der Waals surface area contributed by atoms with Gasteiger partial charge >= 0.3 is 0 Å². The Kier molecular flexibility index (Phi) is 3.76. The van der Waals surface area contributed by atoms with Crippen molar-refractivity contribution in [2.24, 2.45) is 0 Å². The molecule has 0 bridgehead atoms. The highest BCUT2D eigenvalue weighted by Crippen LogP contribution is 2.18. The summed E-state index contributed by atoms with van der Waals surface area (Å²) in [4.78, 5) is 27.2. The standard InChI is InChI=1S/C12H16N4O2/c1-13-10-4-2-3-9(16-10)12(18)14-7-11(17)15-8-5-6-8/h2-4,8H,5-7H2,1H3,(H,13,16)(H,14,18)(H,15,17). The summed E-state index contributed by atoms with van der Waals surface area (Å²) in [5.41, 5.74) is 0.293. The Bertz CT molecular complexity index is 457. The minimum Gasteiger partial charge on any atom is -0.373 e. The van der Waals surface area contributed by atoms with Crippen LogP contribution in [0.3, 0.4) is 0 Å². The molecule has 1 aliphatic carbocycles. The predicted octanol–water partition coefficient (Wildman–Crippen LogP) is 0.132. The van der Waals surface area contributed by atoms with E-state index in [1.807, 2.05) is 0 Å². The van der Waals surface area contributed by atoms with Crippen LogP contribution in [0.1, 0.15) is 23.3 Å². The van der Waals surface area contributed by atoms with Gasteiger partial charge in [-0.25, -0.2) is 4.98 Å². The molecule has 0 spiro atoms. The van der Waals surface area contributed by atoms with E-state index in [4.69, 9.17) is 0 Å². The molecule has 0 radical (unpaired) electrons. The van der Waals surface area contributed by atoms with E-state index in [1.54, 1.807) is 25.2 Å². The lowest BCUT2D eigenvalue weighted by molar-refractivity contribution is -0.120. The Balaban J connectivity index is 1.84. The second kappa shape index (κ2) is 5.48. The molecule has 1 aromatic rings. The molecule has 6 nitrogen and oxygen atoms in total. The number of rotatable bonds is 5. The lowest BCUT2D eigenvalue weighted by Gasteiger charge is -2.06.